The number of nitrogens with zero attached hydrogens (tertiary/aromatic N) is 1. The molecule has 1 heterocycles. The van der Waals surface area contributed by atoms with Crippen LogP contribution in [0.15, 0.2) is 30.5 Å². The molecule has 0 fully saturated rings. The lowest BCUT2D eigenvalue weighted by Gasteiger charge is -2.06. The monoisotopic (exact) mass is 203 g/mol. The second kappa shape index (κ2) is 3.74. The molecule has 0 aliphatic rings. The van der Waals surface area contributed by atoms with Crippen LogP contribution in [-0.2, 0) is 17.9 Å². The van der Waals surface area contributed by atoms with E-state index in [1.165, 1.54) is 0 Å². The van der Waals surface area contributed by atoms with Crippen LogP contribution in [0, 0.1) is 0 Å². The second-order valence-electron chi connectivity index (χ2n) is 3.47. The summed E-state index contributed by atoms with van der Waals surface area (Å²) < 4.78 is 1.83. The van der Waals surface area contributed by atoms with Crippen molar-refractivity contribution in [3.8, 4) is 0 Å². The van der Waals surface area contributed by atoms with Gasteiger partial charge in [0, 0.05) is 12.7 Å². The predicted molar refractivity (Wildman–Crippen MR) is 59.0 cm³/mol. The van der Waals surface area contributed by atoms with Gasteiger partial charge in [-0.25, -0.2) is 0 Å². The highest BCUT2D eigenvalue weighted by atomic mass is 16.1. The van der Waals surface area contributed by atoms with Crippen molar-refractivity contribution in [2.24, 2.45) is 11.5 Å². The Morgan fingerprint density at radius 1 is 1.33 bits per heavy atom. The van der Waals surface area contributed by atoms with Crippen molar-refractivity contribution in [3.63, 3.8) is 0 Å². The average molecular weight is 203 g/mol. The Balaban J connectivity index is 2.60. The van der Waals surface area contributed by atoms with E-state index in [0.717, 1.165) is 16.5 Å². The van der Waals surface area contributed by atoms with Crippen LogP contribution in [0.2, 0.25) is 0 Å². The Kier molecular flexibility index (Phi) is 2.43. The number of amides is 1. The molecule has 2 aromatic rings. The molecule has 0 saturated heterocycles. The van der Waals surface area contributed by atoms with Gasteiger partial charge in [0.25, 0.3) is 0 Å². The molecule has 2 rings (SSSR count). The van der Waals surface area contributed by atoms with Crippen LogP contribution < -0.4 is 11.5 Å². The topological polar surface area (TPSA) is 74.0 Å². The summed E-state index contributed by atoms with van der Waals surface area (Å²) in [5, 5.41) is 1.08. The van der Waals surface area contributed by atoms with Crippen LogP contribution in [0.4, 0.5) is 0 Å². The van der Waals surface area contributed by atoms with Gasteiger partial charge in [-0.15, -0.1) is 0 Å². The minimum absolute atomic E-state index is 0.195. The number of carbonyl (C=O) groups excluding carboxylic acids is 1. The lowest BCUT2D eigenvalue weighted by molar-refractivity contribution is -0.118. The van der Waals surface area contributed by atoms with E-state index in [1.807, 2.05) is 35.0 Å². The third kappa shape index (κ3) is 1.71. The highest BCUT2D eigenvalue weighted by molar-refractivity contribution is 5.85. The highest BCUT2D eigenvalue weighted by Gasteiger charge is 2.06. The number of aromatic nitrogens is 1. The highest BCUT2D eigenvalue weighted by Crippen LogP contribution is 2.19. The van der Waals surface area contributed by atoms with Crippen LogP contribution in [-0.4, -0.2) is 10.5 Å². The van der Waals surface area contributed by atoms with Gasteiger partial charge >= 0.3 is 0 Å². The summed E-state index contributed by atoms with van der Waals surface area (Å²) in [5.74, 6) is -0.348. The molecule has 0 radical (unpaired) electrons. The number of carbonyl (C=O) groups is 1. The summed E-state index contributed by atoms with van der Waals surface area (Å²) in [6.07, 6.45) is 1.86. The number of nitrogens with two attached hydrogens (primary N) is 2. The van der Waals surface area contributed by atoms with Crippen LogP contribution in [0.25, 0.3) is 10.9 Å². The molecular weight excluding hydrogens is 190 g/mol. The number of primary amides is 1. The van der Waals surface area contributed by atoms with Crippen molar-refractivity contribution in [1.82, 2.24) is 4.57 Å². The first-order chi connectivity index (χ1) is 7.22. The van der Waals surface area contributed by atoms with Gasteiger partial charge in [0.05, 0.1) is 5.52 Å². The zero-order chi connectivity index (χ0) is 10.8. The fraction of sp³-hybridized carbons (Fsp3) is 0.182. The van der Waals surface area contributed by atoms with E-state index in [1.54, 1.807) is 0 Å². The zero-order valence-corrected chi connectivity index (χ0v) is 8.31. The van der Waals surface area contributed by atoms with E-state index in [9.17, 15) is 4.79 Å². The molecule has 78 valence electrons. The van der Waals surface area contributed by atoms with Crippen LogP contribution >= 0.6 is 0 Å². The van der Waals surface area contributed by atoms with Crippen LogP contribution in [0.3, 0.4) is 0 Å². The van der Waals surface area contributed by atoms with Crippen molar-refractivity contribution in [1.29, 1.82) is 0 Å². The second-order valence-corrected chi connectivity index (χ2v) is 3.47. The van der Waals surface area contributed by atoms with E-state index in [-0.39, 0.29) is 12.5 Å². The summed E-state index contributed by atoms with van der Waals surface area (Å²) in [4.78, 5) is 10.9. The lowest BCUT2D eigenvalue weighted by atomic mass is 10.1. The van der Waals surface area contributed by atoms with E-state index in [0.29, 0.717) is 6.54 Å². The van der Waals surface area contributed by atoms with Crippen molar-refractivity contribution in [2.75, 3.05) is 0 Å². The summed E-state index contributed by atoms with van der Waals surface area (Å²) in [7, 11) is 0. The van der Waals surface area contributed by atoms with Crippen molar-refractivity contribution in [3.05, 3.63) is 36.0 Å². The molecule has 1 aromatic carbocycles. The standard InChI is InChI=1S/C11H13N3O/c12-6-9-3-1-2-8-4-5-14(11(8)9)7-10(13)15/h1-5H,6-7,12H2,(H2,13,15). The van der Waals surface area contributed by atoms with Gasteiger partial charge in [-0.3, -0.25) is 4.79 Å². The minimum Gasteiger partial charge on any atom is -0.368 e. The van der Waals surface area contributed by atoms with Gasteiger partial charge in [-0.1, -0.05) is 18.2 Å². The molecule has 0 bridgehead atoms. The maximum Gasteiger partial charge on any atom is 0.237 e. The molecule has 0 aliphatic carbocycles. The summed E-state index contributed by atoms with van der Waals surface area (Å²) in [6.45, 7) is 0.653. The number of hydrogen-bond donors (Lipinski definition) is 2. The van der Waals surface area contributed by atoms with Gasteiger partial charge in [0.15, 0.2) is 0 Å². The zero-order valence-electron chi connectivity index (χ0n) is 8.31. The predicted octanol–water partition coefficient (Wildman–Crippen LogP) is 0.585. The largest absolute Gasteiger partial charge is 0.368 e. The number of para-hydroxylation sites is 1. The first kappa shape index (κ1) is 9.73. The Hall–Kier alpha value is -1.81. The maximum atomic E-state index is 10.9. The number of hydrogen-bond acceptors (Lipinski definition) is 2. The SMILES string of the molecule is NCc1cccc2ccn(CC(N)=O)c12. The van der Waals surface area contributed by atoms with Gasteiger partial charge in [-0.2, -0.15) is 0 Å². The van der Waals surface area contributed by atoms with Crippen molar-refractivity contribution < 1.29 is 4.79 Å². The maximum absolute atomic E-state index is 10.9. The molecule has 4 heteroatoms. The van der Waals surface area contributed by atoms with Gasteiger partial charge < -0.3 is 16.0 Å². The fourth-order valence-electron chi connectivity index (χ4n) is 1.81. The molecule has 4 nitrogen and oxygen atoms in total. The first-order valence-corrected chi connectivity index (χ1v) is 4.77. The number of benzene rings is 1. The molecular formula is C11H13N3O. The molecule has 0 aliphatic heterocycles. The molecule has 15 heavy (non-hydrogen) atoms. The average Bonchev–Trinajstić information content (AvgIpc) is 2.61. The summed E-state index contributed by atoms with van der Waals surface area (Å²) in [6, 6.07) is 7.86. The minimum atomic E-state index is -0.348. The quantitative estimate of drug-likeness (QED) is 0.766. The van der Waals surface area contributed by atoms with E-state index in [2.05, 4.69) is 0 Å². The number of rotatable bonds is 3. The third-order valence-corrected chi connectivity index (χ3v) is 2.42. The smallest absolute Gasteiger partial charge is 0.237 e. The summed E-state index contributed by atoms with van der Waals surface area (Å²) >= 11 is 0. The molecule has 0 spiro atoms. The van der Waals surface area contributed by atoms with Crippen molar-refractivity contribution >= 4 is 16.8 Å². The molecule has 1 aromatic heterocycles. The molecule has 0 saturated carbocycles. The fourth-order valence-corrected chi connectivity index (χ4v) is 1.81. The molecule has 0 unspecified atom stereocenters. The van der Waals surface area contributed by atoms with E-state index in [4.69, 9.17) is 11.5 Å². The Bertz CT molecular complexity index is 502. The Labute approximate surface area is 87.5 Å². The molecule has 1 amide bonds. The summed E-state index contributed by atoms with van der Waals surface area (Å²) in [5.41, 5.74) is 12.8. The third-order valence-electron chi connectivity index (χ3n) is 2.42. The van der Waals surface area contributed by atoms with Gasteiger partial charge in [0.2, 0.25) is 5.91 Å². The normalized spacial score (nSPS) is 10.7. The van der Waals surface area contributed by atoms with Crippen LogP contribution in [0.1, 0.15) is 5.56 Å². The Morgan fingerprint density at radius 2 is 2.13 bits per heavy atom. The first-order valence-electron chi connectivity index (χ1n) is 4.77. The molecule has 0 atom stereocenters. The lowest BCUT2D eigenvalue weighted by Crippen LogP contribution is -2.18. The number of fused-ring (bicyclic) bond motifs is 1. The Morgan fingerprint density at radius 3 is 2.80 bits per heavy atom. The van der Waals surface area contributed by atoms with Crippen LogP contribution in [0.5, 0.6) is 0 Å². The molecule has 4 N–H and O–H groups in total. The van der Waals surface area contributed by atoms with Gasteiger partial charge in [0.1, 0.15) is 6.54 Å². The van der Waals surface area contributed by atoms with Gasteiger partial charge in [-0.05, 0) is 17.0 Å². The van der Waals surface area contributed by atoms with E-state index < -0.39 is 0 Å². The van der Waals surface area contributed by atoms with Crippen molar-refractivity contribution in [2.45, 2.75) is 13.1 Å². The van der Waals surface area contributed by atoms with E-state index >= 15 is 0 Å².